The number of amides is 1. The van der Waals surface area contributed by atoms with E-state index in [1.54, 1.807) is 18.2 Å². The number of thiocarbonyl (C=S) groups is 1. The summed E-state index contributed by atoms with van der Waals surface area (Å²) in [5.74, 6) is 0.271. The largest absolute Gasteiger partial charge is 0.488 e. The number of nitrogens with zero attached hydrogens (tertiary/aromatic N) is 1. The standard InChI is InChI=1S/C19H12FNO2S2/c20-14-5-7-15(8-6-14)21-18(22)17(25-19(21)24)10-12-9-13-3-1-2-4-16(13)23-11-12/h1-10H,11H2. The third-order valence-electron chi connectivity index (χ3n) is 3.85. The number of thioether (sulfide) groups is 1. The minimum absolute atomic E-state index is 0.207. The van der Waals surface area contributed by atoms with Crippen molar-refractivity contribution in [3.63, 3.8) is 0 Å². The van der Waals surface area contributed by atoms with Gasteiger partial charge >= 0.3 is 0 Å². The van der Waals surface area contributed by atoms with Crippen molar-refractivity contribution in [2.45, 2.75) is 0 Å². The van der Waals surface area contributed by atoms with E-state index >= 15 is 0 Å². The summed E-state index contributed by atoms with van der Waals surface area (Å²) in [6.07, 6.45) is 3.81. The lowest BCUT2D eigenvalue weighted by Crippen LogP contribution is -2.27. The van der Waals surface area contributed by atoms with Crippen LogP contribution in [-0.2, 0) is 4.79 Å². The van der Waals surface area contributed by atoms with Gasteiger partial charge < -0.3 is 4.74 Å². The van der Waals surface area contributed by atoms with Crippen molar-refractivity contribution in [1.29, 1.82) is 0 Å². The lowest BCUT2D eigenvalue weighted by Gasteiger charge is -2.16. The molecule has 4 rings (SSSR count). The van der Waals surface area contributed by atoms with Gasteiger partial charge in [-0.2, -0.15) is 0 Å². The van der Waals surface area contributed by atoms with Crippen molar-refractivity contribution in [3.8, 4) is 5.75 Å². The van der Waals surface area contributed by atoms with Gasteiger partial charge in [-0.05, 0) is 48.1 Å². The molecule has 2 aromatic rings. The molecule has 0 aromatic heterocycles. The van der Waals surface area contributed by atoms with Crippen molar-refractivity contribution in [2.24, 2.45) is 0 Å². The monoisotopic (exact) mass is 369 g/mol. The van der Waals surface area contributed by atoms with Gasteiger partial charge in [0, 0.05) is 5.56 Å². The minimum atomic E-state index is -0.354. The molecule has 3 nitrogen and oxygen atoms in total. The number of halogens is 1. The smallest absolute Gasteiger partial charge is 0.270 e. The molecular weight excluding hydrogens is 357 g/mol. The highest BCUT2D eigenvalue weighted by atomic mass is 32.2. The molecule has 0 unspecified atom stereocenters. The average molecular weight is 369 g/mol. The highest BCUT2D eigenvalue weighted by molar-refractivity contribution is 8.27. The molecule has 0 radical (unpaired) electrons. The van der Waals surface area contributed by atoms with Crippen LogP contribution < -0.4 is 9.64 Å². The van der Waals surface area contributed by atoms with Crippen molar-refractivity contribution >= 4 is 46.0 Å². The molecule has 2 aromatic carbocycles. The number of hydrogen-bond acceptors (Lipinski definition) is 4. The fourth-order valence-corrected chi connectivity index (χ4v) is 3.98. The molecule has 0 bridgehead atoms. The molecule has 1 saturated heterocycles. The lowest BCUT2D eigenvalue weighted by molar-refractivity contribution is -0.113. The molecule has 0 N–H and O–H groups in total. The number of para-hydroxylation sites is 1. The Morgan fingerprint density at radius 3 is 2.72 bits per heavy atom. The lowest BCUT2D eigenvalue weighted by atomic mass is 10.1. The first-order chi connectivity index (χ1) is 12.1. The van der Waals surface area contributed by atoms with Crippen molar-refractivity contribution < 1.29 is 13.9 Å². The second kappa shape index (κ2) is 6.46. The summed E-state index contributed by atoms with van der Waals surface area (Å²) >= 11 is 6.56. The zero-order valence-corrected chi connectivity index (χ0v) is 14.6. The van der Waals surface area contributed by atoms with E-state index in [1.165, 1.54) is 28.8 Å². The molecule has 6 heteroatoms. The highest BCUT2D eigenvalue weighted by Gasteiger charge is 2.33. The van der Waals surface area contributed by atoms with Gasteiger partial charge in [-0.25, -0.2) is 4.39 Å². The molecule has 2 aliphatic heterocycles. The maximum Gasteiger partial charge on any atom is 0.270 e. The average Bonchev–Trinajstić information content (AvgIpc) is 2.89. The number of ether oxygens (including phenoxy) is 1. The summed E-state index contributed by atoms with van der Waals surface area (Å²) in [6, 6.07) is 13.5. The van der Waals surface area contributed by atoms with Crippen LogP contribution in [0.5, 0.6) is 5.75 Å². The quantitative estimate of drug-likeness (QED) is 0.574. The first-order valence-electron chi connectivity index (χ1n) is 7.58. The summed E-state index contributed by atoms with van der Waals surface area (Å²) in [7, 11) is 0. The second-order valence-corrected chi connectivity index (χ2v) is 7.22. The van der Waals surface area contributed by atoms with Gasteiger partial charge in [-0.1, -0.05) is 42.2 Å². The summed E-state index contributed by atoms with van der Waals surface area (Å²) in [5.41, 5.74) is 2.44. The summed E-state index contributed by atoms with van der Waals surface area (Å²) in [6.45, 7) is 0.400. The SMILES string of the molecule is O=C1C(=CC2=Cc3ccccc3OC2)SC(=S)N1c1ccc(F)cc1. The number of carbonyl (C=O) groups is 1. The maximum absolute atomic E-state index is 13.1. The van der Waals surface area contributed by atoms with Gasteiger partial charge in [-0.3, -0.25) is 9.69 Å². The van der Waals surface area contributed by atoms with Crippen LogP contribution in [0.4, 0.5) is 10.1 Å². The van der Waals surface area contributed by atoms with Gasteiger partial charge in [0.15, 0.2) is 4.32 Å². The van der Waals surface area contributed by atoms with E-state index < -0.39 is 0 Å². The molecule has 0 saturated carbocycles. The van der Waals surface area contributed by atoms with Crippen LogP contribution in [0.15, 0.2) is 65.1 Å². The van der Waals surface area contributed by atoms with E-state index in [9.17, 15) is 9.18 Å². The number of hydrogen-bond donors (Lipinski definition) is 0. The topological polar surface area (TPSA) is 29.5 Å². The molecule has 25 heavy (non-hydrogen) atoms. The Bertz CT molecular complexity index is 935. The predicted octanol–water partition coefficient (Wildman–Crippen LogP) is 4.55. The number of carbonyl (C=O) groups excluding carboxylic acids is 1. The molecule has 2 heterocycles. The molecule has 0 atom stereocenters. The van der Waals surface area contributed by atoms with Crippen LogP contribution in [0.25, 0.3) is 6.08 Å². The number of fused-ring (bicyclic) bond motifs is 1. The van der Waals surface area contributed by atoms with E-state index in [1.807, 2.05) is 30.3 Å². The van der Waals surface area contributed by atoms with Gasteiger partial charge in [0.25, 0.3) is 5.91 Å². The maximum atomic E-state index is 13.1. The molecule has 124 valence electrons. The van der Waals surface area contributed by atoms with Crippen molar-refractivity contribution in [2.75, 3.05) is 11.5 Å². The summed E-state index contributed by atoms with van der Waals surface area (Å²) in [5, 5.41) is 0. The van der Waals surface area contributed by atoms with Crippen LogP contribution in [0.3, 0.4) is 0 Å². The number of benzene rings is 2. The van der Waals surface area contributed by atoms with E-state index in [-0.39, 0.29) is 11.7 Å². The van der Waals surface area contributed by atoms with E-state index in [0.717, 1.165) is 16.9 Å². The van der Waals surface area contributed by atoms with E-state index in [2.05, 4.69) is 0 Å². The highest BCUT2D eigenvalue weighted by Crippen LogP contribution is 2.36. The first kappa shape index (κ1) is 16.1. The zero-order chi connectivity index (χ0) is 17.4. The number of rotatable bonds is 2. The first-order valence-corrected chi connectivity index (χ1v) is 8.80. The van der Waals surface area contributed by atoms with E-state index in [0.29, 0.717) is 21.5 Å². The van der Waals surface area contributed by atoms with E-state index in [4.69, 9.17) is 17.0 Å². The minimum Gasteiger partial charge on any atom is -0.488 e. The molecule has 2 aliphatic rings. The van der Waals surface area contributed by atoms with Gasteiger partial charge in [0.1, 0.15) is 18.2 Å². The van der Waals surface area contributed by atoms with Gasteiger partial charge in [0.2, 0.25) is 0 Å². The van der Waals surface area contributed by atoms with Crippen molar-refractivity contribution in [1.82, 2.24) is 0 Å². The Morgan fingerprint density at radius 2 is 1.92 bits per heavy atom. The molecule has 1 fully saturated rings. The fourth-order valence-electron chi connectivity index (χ4n) is 2.67. The zero-order valence-electron chi connectivity index (χ0n) is 12.9. The summed E-state index contributed by atoms with van der Waals surface area (Å²) in [4.78, 5) is 14.7. The molecule has 1 amide bonds. The molecule has 0 aliphatic carbocycles. The normalized spacial score (nSPS) is 18.2. The third kappa shape index (κ3) is 3.10. The van der Waals surface area contributed by atoms with Crippen LogP contribution >= 0.6 is 24.0 Å². The summed E-state index contributed by atoms with van der Waals surface area (Å²) < 4.78 is 19.2. The molecular formula is C19H12FNO2S2. The molecule has 0 spiro atoms. The Kier molecular flexibility index (Phi) is 4.15. The van der Waals surface area contributed by atoms with Gasteiger partial charge in [-0.15, -0.1) is 0 Å². The van der Waals surface area contributed by atoms with Crippen LogP contribution in [0.2, 0.25) is 0 Å². The predicted molar refractivity (Wildman–Crippen MR) is 102 cm³/mol. The van der Waals surface area contributed by atoms with Crippen LogP contribution in [0.1, 0.15) is 5.56 Å². The van der Waals surface area contributed by atoms with Gasteiger partial charge in [0.05, 0.1) is 10.6 Å². The second-order valence-electron chi connectivity index (χ2n) is 5.54. The fraction of sp³-hybridized carbons (Fsp3) is 0.0526. The van der Waals surface area contributed by atoms with Crippen LogP contribution in [0, 0.1) is 5.82 Å². The Morgan fingerprint density at radius 1 is 1.16 bits per heavy atom. The number of anilines is 1. The Hall–Kier alpha value is -2.44. The van der Waals surface area contributed by atoms with Crippen molar-refractivity contribution in [3.05, 3.63) is 76.5 Å². The Balaban J connectivity index is 1.63. The third-order valence-corrected chi connectivity index (χ3v) is 5.15. The van der Waals surface area contributed by atoms with Crippen LogP contribution in [-0.4, -0.2) is 16.8 Å². The Labute approximate surface area is 153 Å².